The Labute approximate surface area is 152 Å². The highest BCUT2D eigenvalue weighted by atomic mass is 32.1. The average Bonchev–Trinajstić information content (AvgIpc) is 3.28. The fourth-order valence-corrected chi connectivity index (χ4v) is 4.31. The normalized spacial score (nSPS) is 20.6. The van der Waals surface area contributed by atoms with Gasteiger partial charge in [-0.05, 0) is 32.6 Å². The molecule has 134 valence electrons. The Kier molecular flexibility index (Phi) is 4.96. The number of aryl methyl sites for hydroxylation is 1. The van der Waals surface area contributed by atoms with Crippen LogP contribution in [-0.2, 0) is 0 Å². The van der Waals surface area contributed by atoms with Crippen molar-refractivity contribution in [3.8, 4) is 0 Å². The zero-order chi connectivity index (χ0) is 17.2. The summed E-state index contributed by atoms with van der Waals surface area (Å²) in [7, 11) is 0. The molecule has 0 radical (unpaired) electrons. The molecule has 2 aromatic rings. The molecule has 0 bridgehead atoms. The standard InChI is InChI=1S/C18H25N5OS/c1-13-8-18(20-11-19-13)23(14-2-3-14)15-4-6-22(7-5-15)9-17(24)16-10-25-12-21-16/h8,10-12,14-15,17,24H,2-7,9H2,1H3. The maximum Gasteiger partial charge on any atom is 0.132 e. The van der Waals surface area contributed by atoms with Gasteiger partial charge in [0.2, 0.25) is 0 Å². The highest BCUT2D eigenvalue weighted by Gasteiger charge is 2.36. The highest BCUT2D eigenvalue weighted by molar-refractivity contribution is 7.07. The van der Waals surface area contributed by atoms with Crippen LogP contribution in [0.5, 0.6) is 0 Å². The summed E-state index contributed by atoms with van der Waals surface area (Å²) >= 11 is 1.53. The molecular formula is C18H25N5OS. The molecule has 2 fully saturated rings. The van der Waals surface area contributed by atoms with Crippen LogP contribution in [0.4, 0.5) is 5.82 Å². The second-order valence-corrected chi connectivity index (χ2v) is 7.84. The quantitative estimate of drug-likeness (QED) is 0.854. The van der Waals surface area contributed by atoms with Crippen molar-refractivity contribution in [1.82, 2.24) is 19.9 Å². The first-order chi connectivity index (χ1) is 12.2. The Hall–Kier alpha value is -1.57. The summed E-state index contributed by atoms with van der Waals surface area (Å²) in [6, 6.07) is 3.29. The van der Waals surface area contributed by atoms with E-state index in [0.717, 1.165) is 43.1 Å². The molecule has 25 heavy (non-hydrogen) atoms. The number of aliphatic hydroxyl groups is 1. The van der Waals surface area contributed by atoms with Crippen LogP contribution in [0.3, 0.4) is 0 Å². The minimum absolute atomic E-state index is 0.480. The molecule has 1 aliphatic carbocycles. The second kappa shape index (κ2) is 7.35. The number of anilines is 1. The van der Waals surface area contributed by atoms with Gasteiger partial charge >= 0.3 is 0 Å². The number of piperidine rings is 1. The zero-order valence-electron chi connectivity index (χ0n) is 14.6. The molecule has 1 unspecified atom stereocenters. The first-order valence-corrected chi connectivity index (χ1v) is 10.0. The van der Waals surface area contributed by atoms with Gasteiger partial charge < -0.3 is 14.9 Å². The van der Waals surface area contributed by atoms with Crippen molar-refractivity contribution in [2.45, 2.75) is 50.8 Å². The number of hydrogen-bond donors (Lipinski definition) is 1. The van der Waals surface area contributed by atoms with E-state index < -0.39 is 6.10 Å². The Morgan fingerprint density at radius 2 is 1.96 bits per heavy atom. The van der Waals surface area contributed by atoms with Gasteiger partial charge in [-0.1, -0.05) is 0 Å². The number of aromatic nitrogens is 3. The van der Waals surface area contributed by atoms with Crippen molar-refractivity contribution in [2.75, 3.05) is 24.5 Å². The van der Waals surface area contributed by atoms with Gasteiger partial charge in [-0.2, -0.15) is 0 Å². The smallest absolute Gasteiger partial charge is 0.132 e. The van der Waals surface area contributed by atoms with Crippen LogP contribution in [0.1, 0.15) is 43.2 Å². The lowest BCUT2D eigenvalue weighted by atomic mass is 10.0. The molecule has 7 heteroatoms. The second-order valence-electron chi connectivity index (χ2n) is 7.12. The van der Waals surface area contributed by atoms with Gasteiger partial charge in [-0.25, -0.2) is 15.0 Å². The van der Waals surface area contributed by atoms with Crippen molar-refractivity contribution < 1.29 is 5.11 Å². The predicted octanol–water partition coefficient (Wildman–Crippen LogP) is 2.41. The lowest BCUT2D eigenvalue weighted by molar-refractivity contribution is 0.0942. The molecule has 4 rings (SSSR count). The van der Waals surface area contributed by atoms with Crippen LogP contribution in [0.2, 0.25) is 0 Å². The van der Waals surface area contributed by atoms with E-state index >= 15 is 0 Å². The van der Waals surface area contributed by atoms with Crippen LogP contribution in [0, 0.1) is 6.92 Å². The molecule has 1 atom stereocenters. The molecule has 1 aliphatic heterocycles. The van der Waals surface area contributed by atoms with E-state index in [1.54, 1.807) is 11.8 Å². The fraction of sp³-hybridized carbons (Fsp3) is 0.611. The third kappa shape index (κ3) is 3.99. The van der Waals surface area contributed by atoms with Gasteiger partial charge in [0.05, 0.1) is 11.2 Å². The first-order valence-electron chi connectivity index (χ1n) is 9.06. The monoisotopic (exact) mass is 359 g/mol. The minimum Gasteiger partial charge on any atom is -0.385 e. The van der Waals surface area contributed by atoms with E-state index in [-0.39, 0.29) is 0 Å². The average molecular weight is 359 g/mol. The Morgan fingerprint density at radius 1 is 1.20 bits per heavy atom. The molecule has 3 heterocycles. The van der Waals surface area contributed by atoms with E-state index in [0.29, 0.717) is 18.6 Å². The van der Waals surface area contributed by atoms with Gasteiger partial charge in [0, 0.05) is 48.9 Å². The number of β-amino-alcohol motifs (C(OH)–C–C–N with tert-alkyl or cyclic N) is 1. The van der Waals surface area contributed by atoms with Gasteiger partial charge in [0.1, 0.15) is 18.2 Å². The van der Waals surface area contributed by atoms with Crippen LogP contribution in [0.15, 0.2) is 23.3 Å². The van der Waals surface area contributed by atoms with Gasteiger partial charge in [-0.15, -0.1) is 11.3 Å². The van der Waals surface area contributed by atoms with Crippen molar-refractivity contribution in [2.24, 2.45) is 0 Å². The summed E-state index contributed by atoms with van der Waals surface area (Å²) in [4.78, 5) is 17.9. The summed E-state index contributed by atoms with van der Waals surface area (Å²) in [5.41, 5.74) is 3.60. The molecule has 0 aromatic carbocycles. The zero-order valence-corrected chi connectivity index (χ0v) is 15.4. The van der Waals surface area contributed by atoms with Crippen molar-refractivity contribution in [3.63, 3.8) is 0 Å². The van der Waals surface area contributed by atoms with Crippen LogP contribution >= 0.6 is 11.3 Å². The summed E-state index contributed by atoms with van der Waals surface area (Å²) in [6.07, 6.45) is 5.97. The molecule has 1 saturated heterocycles. The predicted molar refractivity (Wildman–Crippen MR) is 98.8 cm³/mol. The largest absolute Gasteiger partial charge is 0.385 e. The van der Waals surface area contributed by atoms with Gasteiger partial charge in [0.25, 0.3) is 0 Å². The first kappa shape index (κ1) is 16.9. The summed E-state index contributed by atoms with van der Waals surface area (Å²) in [6.45, 7) is 4.73. The van der Waals surface area contributed by atoms with Gasteiger partial charge in [-0.3, -0.25) is 0 Å². The molecule has 0 spiro atoms. The number of hydrogen-bond acceptors (Lipinski definition) is 7. The number of likely N-dealkylation sites (tertiary alicyclic amines) is 1. The van der Waals surface area contributed by atoms with E-state index in [9.17, 15) is 5.11 Å². The third-order valence-corrected chi connectivity index (χ3v) is 5.77. The topological polar surface area (TPSA) is 65.4 Å². The van der Waals surface area contributed by atoms with E-state index in [1.165, 1.54) is 24.2 Å². The summed E-state index contributed by atoms with van der Waals surface area (Å²) in [5, 5.41) is 12.3. The Morgan fingerprint density at radius 3 is 2.60 bits per heavy atom. The van der Waals surface area contributed by atoms with Crippen LogP contribution in [0.25, 0.3) is 0 Å². The molecule has 2 aliphatic rings. The SMILES string of the molecule is Cc1cc(N(C2CC2)C2CCN(CC(O)c3cscn3)CC2)ncn1. The molecule has 1 N–H and O–H groups in total. The molecular weight excluding hydrogens is 334 g/mol. The molecule has 6 nitrogen and oxygen atoms in total. The number of nitrogens with zero attached hydrogens (tertiary/aromatic N) is 5. The Bertz CT molecular complexity index is 683. The molecule has 1 saturated carbocycles. The Balaban J connectivity index is 1.37. The number of rotatable bonds is 6. The maximum absolute atomic E-state index is 10.3. The van der Waals surface area contributed by atoms with Crippen molar-refractivity contribution >= 4 is 17.2 Å². The van der Waals surface area contributed by atoms with E-state index in [2.05, 4.69) is 30.8 Å². The fourth-order valence-electron chi connectivity index (χ4n) is 3.71. The lowest BCUT2D eigenvalue weighted by Gasteiger charge is -2.39. The summed E-state index contributed by atoms with van der Waals surface area (Å²) in [5.74, 6) is 1.08. The number of aliphatic hydroxyl groups excluding tert-OH is 1. The van der Waals surface area contributed by atoms with Gasteiger partial charge in [0.15, 0.2) is 0 Å². The van der Waals surface area contributed by atoms with Crippen LogP contribution < -0.4 is 4.90 Å². The molecule has 0 amide bonds. The maximum atomic E-state index is 10.3. The third-order valence-electron chi connectivity index (χ3n) is 5.17. The summed E-state index contributed by atoms with van der Waals surface area (Å²) < 4.78 is 0. The van der Waals surface area contributed by atoms with Crippen LogP contribution in [-0.4, -0.2) is 56.7 Å². The highest BCUT2D eigenvalue weighted by Crippen LogP contribution is 2.35. The minimum atomic E-state index is -0.480. The van der Waals surface area contributed by atoms with Crippen molar-refractivity contribution in [1.29, 1.82) is 0 Å². The lowest BCUT2D eigenvalue weighted by Crippen LogP contribution is -2.47. The van der Waals surface area contributed by atoms with Crippen molar-refractivity contribution in [3.05, 3.63) is 34.7 Å². The number of thiazole rings is 1. The van der Waals surface area contributed by atoms with E-state index in [1.807, 2.05) is 12.3 Å². The molecule has 2 aromatic heterocycles. The van der Waals surface area contributed by atoms with E-state index in [4.69, 9.17) is 0 Å².